The Morgan fingerprint density at radius 1 is 0.886 bits per heavy atom. The third kappa shape index (κ3) is 4.92. The number of anilines is 2. The van der Waals surface area contributed by atoms with Crippen LogP contribution in [0.25, 0.3) is 16.8 Å². The lowest BCUT2D eigenvalue weighted by atomic mass is 10.0. The number of nitrogens with one attached hydrogen (secondary N) is 1. The number of carbonyl (C=O) groups excluding carboxylic acids is 1. The summed E-state index contributed by atoms with van der Waals surface area (Å²) in [6, 6.07) is 27.6. The van der Waals surface area contributed by atoms with Gasteiger partial charge in [-0.25, -0.2) is 8.91 Å². The highest BCUT2D eigenvalue weighted by Crippen LogP contribution is 2.24. The maximum Gasteiger partial charge on any atom is 0.247 e. The summed E-state index contributed by atoms with van der Waals surface area (Å²) in [5.41, 5.74) is 4.72. The average Bonchev–Trinajstić information content (AvgIpc) is 3.27. The minimum atomic E-state index is -0.603. The second-order valence-corrected chi connectivity index (χ2v) is 8.13. The fourth-order valence-corrected chi connectivity index (χ4v) is 3.90. The molecule has 0 amide bonds. The lowest BCUT2D eigenvalue weighted by molar-refractivity contribution is -0.117. The van der Waals surface area contributed by atoms with E-state index in [1.165, 1.54) is 12.1 Å². The lowest BCUT2D eigenvalue weighted by Gasteiger charge is -2.05. The van der Waals surface area contributed by atoms with Crippen LogP contribution in [0.2, 0.25) is 0 Å². The third-order valence-corrected chi connectivity index (χ3v) is 5.64. The molecule has 3 aromatic carbocycles. The molecule has 35 heavy (non-hydrogen) atoms. The number of nitriles is 1. The highest BCUT2D eigenvalue weighted by Gasteiger charge is 2.11. The Bertz CT molecular complexity index is 1550. The summed E-state index contributed by atoms with van der Waals surface area (Å²) in [4.78, 5) is 16.8. The lowest BCUT2D eigenvalue weighted by Crippen LogP contribution is -2.06. The number of fused-ring (bicyclic) bond motifs is 1. The van der Waals surface area contributed by atoms with Crippen molar-refractivity contribution >= 4 is 23.1 Å². The summed E-state index contributed by atoms with van der Waals surface area (Å²) in [6.07, 6.45) is 2.66. The van der Waals surface area contributed by atoms with Gasteiger partial charge in [0.15, 0.2) is 5.65 Å². The van der Waals surface area contributed by atoms with Gasteiger partial charge in [-0.1, -0.05) is 60.7 Å². The van der Waals surface area contributed by atoms with Crippen molar-refractivity contribution in [3.05, 3.63) is 114 Å². The molecule has 0 spiro atoms. The first-order valence-corrected chi connectivity index (χ1v) is 11.1. The van der Waals surface area contributed by atoms with Gasteiger partial charge in [-0.2, -0.15) is 10.2 Å². The third-order valence-electron chi connectivity index (χ3n) is 5.64. The summed E-state index contributed by atoms with van der Waals surface area (Å²) in [6.45, 7) is 0. The highest BCUT2D eigenvalue weighted by atomic mass is 19.1. The van der Waals surface area contributed by atoms with E-state index in [1.54, 1.807) is 10.6 Å². The maximum absolute atomic E-state index is 13.9. The molecule has 0 radical (unpaired) electrons. The quantitative estimate of drug-likeness (QED) is 0.346. The van der Waals surface area contributed by atoms with E-state index in [4.69, 9.17) is 0 Å². The SMILES string of the molecule is N#Cc1c(F)cccc1Nc1nc2ccc(-c3ccc(CC(=O)Cc4ccccc4)cc3)cn2n1. The number of Topliss-reactive ketones (excluding diaryl/α,β-unsaturated/α-hetero) is 1. The van der Waals surface area contributed by atoms with E-state index in [-0.39, 0.29) is 17.3 Å². The van der Waals surface area contributed by atoms with Gasteiger partial charge in [-0.05, 0) is 41.0 Å². The molecule has 0 saturated carbocycles. The molecule has 1 N–H and O–H groups in total. The van der Waals surface area contributed by atoms with Gasteiger partial charge in [0.2, 0.25) is 5.95 Å². The number of pyridine rings is 1. The fraction of sp³-hybridized carbons (Fsp3) is 0.0714. The molecule has 0 aliphatic rings. The van der Waals surface area contributed by atoms with E-state index in [1.807, 2.05) is 79.0 Å². The zero-order valence-electron chi connectivity index (χ0n) is 18.6. The Kier molecular flexibility index (Phi) is 6.01. The molecule has 0 unspecified atom stereocenters. The Balaban J connectivity index is 1.31. The number of aromatic nitrogens is 3. The second kappa shape index (κ2) is 9.57. The fourth-order valence-electron chi connectivity index (χ4n) is 3.90. The highest BCUT2D eigenvalue weighted by molar-refractivity contribution is 5.83. The van der Waals surface area contributed by atoms with Crippen LogP contribution in [0.4, 0.5) is 16.0 Å². The second-order valence-electron chi connectivity index (χ2n) is 8.13. The van der Waals surface area contributed by atoms with Crippen LogP contribution in [0.5, 0.6) is 0 Å². The average molecular weight is 462 g/mol. The van der Waals surface area contributed by atoms with Crippen LogP contribution in [-0.2, 0) is 17.6 Å². The molecule has 6 nitrogen and oxygen atoms in total. The zero-order chi connectivity index (χ0) is 24.2. The molecular weight excluding hydrogens is 441 g/mol. The molecule has 0 aliphatic carbocycles. The number of nitrogens with zero attached hydrogens (tertiary/aromatic N) is 4. The van der Waals surface area contributed by atoms with Crippen LogP contribution >= 0.6 is 0 Å². The van der Waals surface area contributed by atoms with Gasteiger partial charge in [-0.3, -0.25) is 4.79 Å². The number of ketones is 1. The van der Waals surface area contributed by atoms with Gasteiger partial charge in [0, 0.05) is 24.6 Å². The molecule has 2 heterocycles. The van der Waals surface area contributed by atoms with Gasteiger partial charge >= 0.3 is 0 Å². The summed E-state index contributed by atoms with van der Waals surface area (Å²) >= 11 is 0. The van der Waals surface area contributed by atoms with Crippen molar-refractivity contribution < 1.29 is 9.18 Å². The van der Waals surface area contributed by atoms with Gasteiger partial charge in [-0.15, -0.1) is 5.10 Å². The number of carbonyl (C=O) groups is 1. The predicted octanol–water partition coefficient (Wildman–Crippen LogP) is 5.50. The summed E-state index contributed by atoms with van der Waals surface area (Å²) in [7, 11) is 0. The summed E-state index contributed by atoms with van der Waals surface area (Å²) in [5, 5.41) is 16.6. The molecule has 0 bridgehead atoms. The van der Waals surface area contributed by atoms with Crippen LogP contribution in [-0.4, -0.2) is 20.4 Å². The Morgan fingerprint density at radius 2 is 1.60 bits per heavy atom. The van der Waals surface area contributed by atoms with Crippen LogP contribution in [0.3, 0.4) is 0 Å². The minimum absolute atomic E-state index is 0.0885. The van der Waals surface area contributed by atoms with E-state index in [0.717, 1.165) is 22.3 Å². The van der Waals surface area contributed by atoms with Crippen molar-refractivity contribution in [3.8, 4) is 17.2 Å². The van der Waals surface area contributed by atoms with Crippen LogP contribution in [0, 0.1) is 17.1 Å². The Hall–Kier alpha value is -4.83. The van der Waals surface area contributed by atoms with Crippen molar-refractivity contribution in [1.82, 2.24) is 14.6 Å². The van der Waals surface area contributed by atoms with E-state index in [2.05, 4.69) is 15.4 Å². The molecule has 7 heteroatoms. The molecule has 2 aromatic heterocycles. The van der Waals surface area contributed by atoms with Crippen LogP contribution < -0.4 is 5.32 Å². The van der Waals surface area contributed by atoms with Crippen LogP contribution in [0.15, 0.2) is 91.1 Å². The van der Waals surface area contributed by atoms with Gasteiger partial charge in [0.05, 0.1) is 5.69 Å². The summed E-state index contributed by atoms with van der Waals surface area (Å²) < 4.78 is 15.5. The number of rotatable bonds is 7. The molecule has 0 aliphatic heterocycles. The first-order valence-electron chi connectivity index (χ1n) is 11.1. The maximum atomic E-state index is 13.9. The Labute approximate surface area is 201 Å². The standard InChI is InChI=1S/C28H20FN5O/c29-25-7-4-8-26(24(25)17-30)31-28-32-27-14-13-22(18-34(27)33-28)21-11-9-20(10-12-21)16-23(35)15-19-5-2-1-3-6-19/h1-14,18H,15-16H2,(H,31,33). The number of hydrogen-bond acceptors (Lipinski definition) is 5. The summed E-state index contributed by atoms with van der Waals surface area (Å²) in [5.74, 6) is -0.170. The van der Waals surface area contributed by atoms with Crippen molar-refractivity contribution in [2.75, 3.05) is 5.32 Å². The number of hydrogen-bond donors (Lipinski definition) is 1. The van der Waals surface area contributed by atoms with Crippen molar-refractivity contribution in [3.63, 3.8) is 0 Å². The van der Waals surface area contributed by atoms with Crippen molar-refractivity contribution in [1.29, 1.82) is 5.26 Å². The largest absolute Gasteiger partial charge is 0.322 e. The topological polar surface area (TPSA) is 83.1 Å². The molecule has 0 atom stereocenters. The first kappa shape index (κ1) is 22.0. The monoisotopic (exact) mass is 461 g/mol. The van der Waals surface area contributed by atoms with Crippen molar-refractivity contribution in [2.45, 2.75) is 12.8 Å². The molecule has 0 fully saturated rings. The van der Waals surface area contributed by atoms with Crippen molar-refractivity contribution in [2.24, 2.45) is 0 Å². The predicted molar refractivity (Wildman–Crippen MR) is 132 cm³/mol. The smallest absolute Gasteiger partial charge is 0.247 e. The zero-order valence-corrected chi connectivity index (χ0v) is 18.6. The molecule has 0 saturated heterocycles. The normalized spacial score (nSPS) is 10.7. The van der Waals surface area contributed by atoms with Gasteiger partial charge < -0.3 is 5.32 Å². The minimum Gasteiger partial charge on any atom is -0.322 e. The Morgan fingerprint density at radius 3 is 2.34 bits per heavy atom. The molecule has 170 valence electrons. The van der Waals surface area contributed by atoms with Gasteiger partial charge in [0.1, 0.15) is 23.2 Å². The first-order chi connectivity index (χ1) is 17.1. The van der Waals surface area contributed by atoms with E-state index >= 15 is 0 Å². The number of halogens is 1. The number of benzene rings is 3. The molecular formula is C28H20FN5O. The van der Waals surface area contributed by atoms with E-state index < -0.39 is 5.82 Å². The van der Waals surface area contributed by atoms with E-state index in [9.17, 15) is 14.4 Å². The van der Waals surface area contributed by atoms with Crippen LogP contribution in [0.1, 0.15) is 16.7 Å². The molecule has 5 aromatic rings. The van der Waals surface area contributed by atoms with Gasteiger partial charge in [0.25, 0.3) is 0 Å². The molecule has 5 rings (SSSR count). The van der Waals surface area contributed by atoms with E-state index in [0.29, 0.717) is 24.2 Å².